The van der Waals surface area contributed by atoms with Gasteiger partial charge in [0.2, 0.25) is 0 Å². The van der Waals surface area contributed by atoms with Gasteiger partial charge in [0.25, 0.3) is 0 Å². The van der Waals surface area contributed by atoms with Crippen molar-refractivity contribution in [3.63, 3.8) is 0 Å². The molecule has 0 aliphatic carbocycles. The summed E-state index contributed by atoms with van der Waals surface area (Å²) in [5.41, 5.74) is 0. The molecule has 0 rings (SSSR count). The Kier molecular flexibility index (Phi) is 76.9. The van der Waals surface area contributed by atoms with Gasteiger partial charge in [0.15, 0.2) is 12.2 Å². The van der Waals surface area contributed by atoms with Gasteiger partial charge in [-0.1, -0.05) is 414 Å². The Labute approximate surface area is 651 Å². The average molecular weight is 1550 g/mol. The molecule has 0 aromatic carbocycles. The van der Waals surface area contributed by atoms with Gasteiger partial charge in [-0.05, 0) is 37.5 Å². The van der Waals surface area contributed by atoms with E-state index in [9.17, 15) is 43.2 Å². The van der Waals surface area contributed by atoms with E-state index < -0.39 is 97.5 Å². The van der Waals surface area contributed by atoms with Crippen LogP contribution in [0.2, 0.25) is 0 Å². The van der Waals surface area contributed by atoms with Gasteiger partial charge in [0.05, 0.1) is 26.4 Å². The zero-order valence-corrected chi connectivity index (χ0v) is 71.5. The minimum Gasteiger partial charge on any atom is -0.462 e. The maximum atomic E-state index is 13.2. The van der Waals surface area contributed by atoms with Crippen LogP contribution >= 0.6 is 15.6 Å². The van der Waals surface area contributed by atoms with E-state index in [1.54, 1.807) is 0 Å². The number of aliphatic hydroxyl groups is 1. The van der Waals surface area contributed by atoms with Crippen LogP contribution in [0, 0.1) is 11.8 Å². The number of aliphatic hydroxyl groups excluding tert-OH is 1. The van der Waals surface area contributed by atoms with E-state index in [4.69, 9.17) is 37.0 Å². The van der Waals surface area contributed by atoms with Crippen LogP contribution in [0.1, 0.15) is 465 Å². The molecule has 17 nitrogen and oxygen atoms in total. The fraction of sp³-hybridized carbons (Fsp3) is 0.954. The van der Waals surface area contributed by atoms with Gasteiger partial charge in [-0.2, -0.15) is 0 Å². The van der Waals surface area contributed by atoms with Crippen LogP contribution in [0.25, 0.3) is 0 Å². The number of carbonyl (C=O) groups excluding carboxylic acids is 4. The summed E-state index contributed by atoms with van der Waals surface area (Å²) in [5, 5.41) is 10.7. The summed E-state index contributed by atoms with van der Waals surface area (Å²) in [5.74, 6) is -0.547. The molecule has 0 aromatic heterocycles. The first-order valence-electron chi connectivity index (χ1n) is 45.0. The second-order valence-corrected chi connectivity index (χ2v) is 34.9. The van der Waals surface area contributed by atoms with E-state index in [-0.39, 0.29) is 25.7 Å². The van der Waals surface area contributed by atoms with Crippen LogP contribution in [0.3, 0.4) is 0 Å². The maximum Gasteiger partial charge on any atom is 0.472 e. The Hall–Kier alpha value is -1.94. The largest absolute Gasteiger partial charge is 0.472 e. The van der Waals surface area contributed by atoms with Crippen LogP contribution < -0.4 is 0 Å². The third kappa shape index (κ3) is 78.7. The summed E-state index contributed by atoms with van der Waals surface area (Å²) in [6.45, 7) is 9.69. The first-order chi connectivity index (χ1) is 51.4. The van der Waals surface area contributed by atoms with E-state index >= 15 is 0 Å². The smallest absolute Gasteiger partial charge is 0.462 e. The van der Waals surface area contributed by atoms with Gasteiger partial charge in [0, 0.05) is 25.7 Å². The van der Waals surface area contributed by atoms with Crippen LogP contribution in [0.15, 0.2) is 0 Å². The number of unbranched alkanes of at least 4 members (excludes halogenated alkanes) is 55. The zero-order chi connectivity index (χ0) is 77.8. The molecule has 0 bridgehead atoms. The SMILES string of the molecule is CCCCCCCCCCCCCCCCCCCCCCC(=O)O[C@H](COC(=O)CCCCCCCCCCCCCCCCCCCCC)COP(=O)(O)OC[C@@H](O)COP(=O)(O)OC[C@@H](COC(=O)CCCCCCCCCCC(C)CC)OC(=O)CCCCCCCCCCCCCCC(C)C. The van der Waals surface area contributed by atoms with Gasteiger partial charge in [0.1, 0.15) is 19.3 Å². The molecule has 0 saturated carbocycles. The van der Waals surface area contributed by atoms with E-state index in [2.05, 4.69) is 41.5 Å². The predicted molar refractivity (Wildman–Crippen MR) is 437 cm³/mol. The van der Waals surface area contributed by atoms with Crippen molar-refractivity contribution in [3.05, 3.63) is 0 Å². The van der Waals surface area contributed by atoms with Gasteiger partial charge in [-0.15, -0.1) is 0 Å². The van der Waals surface area contributed by atoms with Crippen molar-refractivity contribution in [3.8, 4) is 0 Å². The van der Waals surface area contributed by atoms with Crippen molar-refractivity contribution >= 4 is 39.5 Å². The summed E-state index contributed by atoms with van der Waals surface area (Å²) < 4.78 is 69.0. The lowest BCUT2D eigenvalue weighted by Crippen LogP contribution is -2.30. The van der Waals surface area contributed by atoms with Crippen LogP contribution in [-0.4, -0.2) is 96.7 Å². The van der Waals surface area contributed by atoms with Crippen molar-refractivity contribution in [2.45, 2.75) is 484 Å². The van der Waals surface area contributed by atoms with Gasteiger partial charge < -0.3 is 33.8 Å². The second-order valence-electron chi connectivity index (χ2n) is 32.0. The number of esters is 4. The highest BCUT2D eigenvalue weighted by molar-refractivity contribution is 7.47. The molecule has 0 heterocycles. The van der Waals surface area contributed by atoms with Crippen molar-refractivity contribution < 1.29 is 80.2 Å². The normalized spacial score (nSPS) is 14.1. The quantitative estimate of drug-likeness (QED) is 0.0222. The maximum absolute atomic E-state index is 13.2. The van der Waals surface area contributed by atoms with Crippen LogP contribution in [0.4, 0.5) is 0 Å². The lowest BCUT2D eigenvalue weighted by Gasteiger charge is -2.21. The highest BCUT2D eigenvalue weighted by Gasteiger charge is 2.30. The minimum absolute atomic E-state index is 0.107. The number of rotatable bonds is 86. The number of phosphoric acid groups is 2. The Morgan fingerprint density at radius 1 is 0.274 bits per heavy atom. The van der Waals surface area contributed by atoms with Gasteiger partial charge in [-0.3, -0.25) is 37.3 Å². The molecule has 3 N–H and O–H groups in total. The summed E-state index contributed by atoms with van der Waals surface area (Å²) >= 11 is 0. The monoisotopic (exact) mass is 1550 g/mol. The minimum atomic E-state index is -4.97. The average Bonchev–Trinajstić information content (AvgIpc) is 0.903. The molecule has 0 aliphatic heterocycles. The van der Waals surface area contributed by atoms with E-state index in [1.807, 2.05) is 0 Å². The summed E-state index contributed by atoms with van der Waals surface area (Å²) in [7, 11) is -9.93. The Morgan fingerprint density at radius 3 is 0.717 bits per heavy atom. The fourth-order valence-corrected chi connectivity index (χ4v) is 15.1. The zero-order valence-electron chi connectivity index (χ0n) is 69.7. The second kappa shape index (κ2) is 78.3. The number of carbonyl (C=O) groups is 4. The molecule has 0 saturated heterocycles. The molecule has 3 unspecified atom stereocenters. The third-order valence-electron chi connectivity index (χ3n) is 20.8. The molecule has 0 radical (unpaired) electrons. The van der Waals surface area contributed by atoms with Crippen molar-refractivity contribution in [1.29, 1.82) is 0 Å². The van der Waals surface area contributed by atoms with Crippen molar-refractivity contribution in [2.75, 3.05) is 39.6 Å². The lowest BCUT2D eigenvalue weighted by molar-refractivity contribution is -0.161. The number of hydrogen-bond acceptors (Lipinski definition) is 15. The third-order valence-corrected chi connectivity index (χ3v) is 22.7. The van der Waals surface area contributed by atoms with Crippen molar-refractivity contribution in [1.82, 2.24) is 0 Å². The van der Waals surface area contributed by atoms with Crippen LogP contribution in [-0.2, 0) is 65.4 Å². The topological polar surface area (TPSA) is 237 Å². The predicted octanol–water partition coefficient (Wildman–Crippen LogP) is 26.6. The Morgan fingerprint density at radius 2 is 0.481 bits per heavy atom. The summed E-state index contributed by atoms with van der Waals surface area (Å²) in [6.07, 6.45) is 70.8. The first-order valence-corrected chi connectivity index (χ1v) is 48.0. The Balaban J connectivity index is 5.25. The Bertz CT molecular complexity index is 2030. The van der Waals surface area contributed by atoms with Gasteiger partial charge in [-0.25, -0.2) is 9.13 Å². The first kappa shape index (κ1) is 104. The highest BCUT2D eigenvalue weighted by atomic mass is 31.2. The molecule has 0 spiro atoms. The molecule has 0 aliphatic rings. The fourth-order valence-electron chi connectivity index (χ4n) is 13.6. The molecular weight excluding hydrogens is 1380 g/mol. The van der Waals surface area contributed by atoms with Crippen LogP contribution in [0.5, 0.6) is 0 Å². The molecule has 0 amide bonds. The molecule has 19 heteroatoms. The van der Waals surface area contributed by atoms with Crippen molar-refractivity contribution in [2.24, 2.45) is 11.8 Å². The molecular formula is C87H170O17P2. The molecule has 630 valence electrons. The number of hydrogen-bond donors (Lipinski definition) is 3. The summed E-state index contributed by atoms with van der Waals surface area (Å²) in [6, 6.07) is 0. The lowest BCUT2D eigenvalue weighted by atomic mass is 9.99. The van der Waals surface area contributed by atoms with E-state index in [1.165, 1.54) is 283 Å². The molecule has 106 heavy (non-hydrogen) atoms. The molecule has 6 atom stereocenters. The van der Waals surface area contributed by atoms with E-state index in [0.717, 1.165) is 102 Å². The number of ether oxygens (including phenoxy) is 4. The molecule has 0 fully saturated rings. The number of phosphoric ester groups is 2. The highest BCUT2D eigenvalue weighted by Crippen LogP contribution is 2.45. The van der Waals surface area contributed by atoms with E-state index in [0.29, 0.717) is 25.7 Å². The molecule has 0 aromatic rings. The summed E-state index contributed by atoms with van der Waals surface area (Å²) in [4.78, 5) is 73.3. The van der Waals surface area contributed by atoms with Gasteiger partial charge >= 0.3 is 39.5 Å². The standard InChI is InChI=1S/C87H170O17P2/c1-7-10-12-14-16-18-20-22-24-26-28-30-32-34-36-41-45-53-59-65-71-86(91)103-82(75-97-84(89)69-63-57-51-44-40-35-33-31-29-27-25-23-21-19-17-15-13-11-8-2)77-101-105(93,94)99-73-81(88)74-100-106(95,96)102-78-83(76-98-85(90)70-64-58-52-48-47-50-56-62-68-80(6)9-3)104-87(92)72-66-60-54-46-42-38-37-39-43-49-55-61-67-79(4)5/h79-83,88H,7-78H2,1-6H3,(H,93,94)(H,95,96)/t80?,81-,82-,83-/m1/s1.